The fraction of sp³-hybridized carbons (Fsp3) is 0.176. The summed E-state index contributed by atoms with van der Waals surface area (Å²) in [6.07, 6.45) is 0.438. The maximum Gasteiger partial charge on any atom is 0.339 e. The Kier molecular flexibility index (Phi) is 4.90. The fourth-order valence-electron chi connectivity index (χ4n) is 2.65. The molecule has 136 valence electrons. The number of ether oxygens (including phenoxy) is 1. The van der Waals surface area contributed by atoms with E-state index in [-0.39, 0.29) is 12.2 Å². The lowest BCUT2D eigenvalue weighted by Gasteiger charge is -2.07. The van der Waals surface area contributed by atoms with Crippen LogP contribution in [0.5, 0.6) is 0 Å². The molecular formula is C17H12BrN5O3S. The predicted octanol–water partition coefficient (Wildman–Crippen LogP) is 2.81. The van der Waals surface area contributed by atoms with E-state index in [4.69, 9.17) is 4.74 Å². The van der Waals surface area contributed by atoms with Gasteiger partial charge in [-0.2, -0.15) is 0 Å². The molecule has 0 aliphatic heterocycles. The maximum absolute atomic E-state index is 12.5. The van der Waals surface area contributed by atoms with E-state index in [1.807, 2.05) is 0 Å². The zero-order chi connectivity index (χ0) is 18.8. The third-order valence-corrected chi connectivity index (χ3v) is 5.38. The summed E-state index contributed by atoms with van der Waals surface area (Å²) < 4.78 is 11.8. The number of rotatable bonds is 5. The number of fused-ring (bicyclic) bond motifs is 2. The number of nitrogens with zero attached hydrogens (tertiary/aromatic N) is 5. The lowest BCUT2D eigenvalue weighted by atomic mass is 10.2. The second kappa shape index (κ2) is 7.49. The van der Waals surface area contributed by atoms with Gasteiger partial charge in [0.05, 0.1) is 22.3 Å². The molecule has 0 atom stereocenters. The van der Waals surface area contributed by atoms with Gasteiger partial charge in [-0.3, -0.25) is 4.79 Å². The van der Waals surface area contributed by atoms with Crippen LogP contribution in [0.15, 0.2) is 45.7 Å². The zero-order valence-corrected chi connectivity index (χ0v) is 16.2. The van der Waals surface area contributed by atoms with E-state index in [0.717, 1.165) is 11.5 Å². The minimum absolute atomic E-state index is 0.156. The third-order valence-electron chi connectivity index (χ3n) is 3.94. The summed E-state index contributed by atoms with van der Waals surface area (Å²) in [5.74, 6) is -0.439. The minimum atomic E-state index is -0.439. The van der Waals surface area contributed by atoms with Crippen molar-refractivity contribution in [3.63, 3.8) is 0 Å². The highest BCUT2D eigenvalue weighted by Gasteiger charge is 2.14. The van der Waals surface area contributed by atoms with Crippen LogP contribution < -0.4 is 5.56 Å². The molecule has 0 aliphatic rings. The molecule has 0 saturated heterocycles. The normalized spacial score (nSPS) is 11.1. The molecule has 2 aromatic heterocycles. The van der Waals surface area contributed by atoms with Crippen molar-refractivity contribution in [2.24, 2.45) is 0 Å². The Morgan fingerprint density at radius 1 is 1.15 bits per heavy atom. The largest absolute Gasteiger partial charge is 0.462 e. The molecule has 0 N–H and O–H groups in total. The third kappa shape index (κ3) is 3.45. The Bertz CT molecular complexity index is 1210. The summed E-state index contributed by atoms with van der Waals surface area (Å²) in [7, 11) is 0. The number of halogens is 1. The van der Waals surface area contributed by atoms with Gasteiger partial charge in [0.15, 0.2) is 0 Å². The highest BCUT2D eigenvalue weighted by atomic mass is 79.9. The van der Waals surface area contributed by atoms with Crippen molar-refractivity contribution in [2.75, 3.05) is 6.61 Å². The van der Waals surface area contributed by atoms with Crippen LogP contribution in [-0.2, 0) is 11.3 Å². The smallest absolute Gasteiger partial charge is 0.339 e. The van der Waals surface area contributed by atoms with Gasteiger partial charge >= 0.3 is 5.97 Å². The lowest BCUT2D eigenvalue weighted by molar-refractivity contribution is 0.0497. The van der Waals surface area contributed by atoms with Gasteiger partial charge in [-0.15, -0.1) is 10.2 Å². The molecule has 2 aromatic carbocycles. The van der Waals surface area contributed by atoms with Gasteiger partial charge in [-0.05, 0) is 51.7 Å². The molecule has 4 rings (SSSR count). The van der Waals surface area contributed by atoms with Crippen LogP contribution in [0.25, 0.3) is 21.1 Å². The van der Waals surface area contributed by atoms with Crippen LogP contribution in [0, 0.1) is 0 Å². The molecular weight excluding hydrogens is 434 g/mol. The molecule has 4 aromatic rings. The van der Waals surface area contributed by atoms with Crippen molar-refractivity contribution in [1.82, 2.24) is 24.6 Å². The van der Waals surface area contributed by atoms with Gasteiger partial charge in [-0.25, -0.2) is 9.48 Å². The molecule has 2 heterocycles. The summed E-state index contributed by atoms with van der Waals surface area (Å²) in [4.78, 5) is 24.8. The van der Waals surface area contributed by atoms with Crippen LogP contribution in [0.1, 0.15) is 16.8 Å². The lowest BCUT2D eigenvalue weighted by Crippen LogP contribution is -2.25. The summed E-state index contributed by atoms with van der Waals surface area (Å²) in [5.41, 5.74) is 1.40. The number of hydrogen-bond donors (Lipinski definition) is 0. The monoisotopic (exact) mass is 445 g/mol. The van der Waals surface area contributed by atoms with E-state index in [2.05, 4.69) is 35.8 Å². The van der Waals surface area contributed by atoms with E-state index in [1.54, 1.807) is 36.4 Å². The van der Waals surface area contributed by atoms with Gasteiger partial charge in [0, 0.05) is 17.4 Å². The molecule has 10 heteroatoms. The first-order valence-electron chi connectivity index (χ1n) is 8.05. The molecule has 0 aliphatic carbocycles. The average molecular weight is 446 g/mol. The first-order chi connectivity index (χ1) is 13.1. The number of aryl methyl sites for hydroxylation is 1. The SMILES string of the molecule is O=C(OCCCn1nnc2cccc(Br)c2c1=O)c1cccc2nnsc12. The van der Waals surface area contributed by atoms with Gasteiger partial charge < -0.3 is 4.74 Å². The van der Waals surface area contributed by atoms with Crippen molar-refractivity contribution < 1.29 is 9.53 Å². The quantitative estimate of drug-likeness (QED) is 0.343. The van der Waals surface area contributed by atoms with Crippen LogP contribution >= 0.6 is 27.5 Å². The van der Waals surface area contributed by atoms with Crippen LogP contribution in [0.3, 0.4) is 0 Å². The minimum Gasteiger partial charge on any atom is -0.462 e. The van der Waals surface area contributed by atoms with E-state index in [0.29, 0.717) is 44.1 Å². The topological polar surface area (TPSA) is 99.9 Å². The van der Waals surface area contributed by atoms with Gasteiger partial charge in [0.25, 0.3) is 5.56 Å². The molecule has 0 bridgehead atoms. The van der Waals surface area contributed by atoms with E-state index >= 15 is 0 Å². The number of carbonyl (C=O) groups is 1. The fourth-order valence-corrected chi connectivity index (χ4v) is 3.84. The second-order valence-corrected chi connectivity index (χ2v) is 7.28. The zero-order valence-electron chi connectivity index (χ0n) is 13.8. The maximum atomic E-state index is 12.5. The van der Waals surface area contributed by atoms with Gasteiger partial charge in [-0.1, -0.05) is 21.8 Å². The van der Waals surface area contributed by atoms with E-state index < -0.39 is 5.97 Å². The number of esters is 1. The summed E-state index contributed by atoms with van der Waals surface area (Å²) >= 11 is 4.52. The summed E-state index contributed by atoms with van der Waals surface area (Å²) in [6, 6.07) is 10.5. The summed E-state index contributed by atoms with van der Waals surface area (Å²) in [5, 5.41) is 12.4. The number of benzene rings is 2. The van der Waals surface area contributed by atoms with Gasteiger partial charge in [0.2, 0.25) is 0 Å². The van der Waals surface area contributed by atoms with Crippen LogP contribution in [0.4, 0.5) is 0 Å². The van der Waals surface area contributed by atoms with Crippen molar-refractivity contribution >= 4 is 54.6 Å². The Morgan fingerprint density at radius 2 is 1.96 bits per heavy atom. The molecule has 0 unspecified atom stereocenters. The van der Waals surface area contributed by atoms with Crippen LogP contribution in [0.2, 0.25) is 0 Å². The number of hydrogen-bond acceptors (Lipinski definition) is 8. The van der Waals surface area contributed by atoms with Crippen molar-refractivity contribution in [1.29, 1.82) is 0 Å². The van der Waals surface area contributed by atoms with Crippen molar-refractivity contribution in [3.05, 3.63) is 56.8 Å². The first-order valence-corrected chi connectivity index (χ1v) is 9.62. The molecule has 0 amide bonds. The van der Waals surface area contributed by atoms with Crippen molar-refractivity contribution in [2.45, 2.75) is 13.0 Å². The molecule has 0 radical (unpaired) electrons. The highest BCUT2D eigenvalue weighted by molar-refractivity contribution is 9.10. The first kappa shape index (κ1) is 17.7. The Hall–Kier alpha value is -2.72. The Labute approximate surface area is 165 Å². The van der Waals surface area contributed by atoms with Crippen molar-refractivity contribution in [3.8, 4) is 0 Å². The molecule has 0 saturated carbocycles. The Morgan fingerprint density at radius 3 is 2.85 bits per heavy atom. The molecule has 0 fully saturated rings. The standard InChI is InChI=1S/C17H12BrN5O3S/c18-11-5-2-6-12-14(11)16(24)23(21-19-12)8-3-9-26-17(25)10-4-1-7-13-15(10)27-22-20-13/h1-2,4-7H,3,8-9H2. The Balaban J connectivity index is 1.42. The molecule has 0 spiro atoms. The van der Waals surface area contributed by atoms with Gasteiger partial charge in [0.1, 0.15) is 11.0 Å². The molecule has 27 heavy (non-hydrogen) atoms. The van der Waals surface area contributed by atoms with E-state index in [1.165, 1.54) is 4.68 Å². The van der Waals surface area contributed by atoms with E-state index in [9.17, 15) is 9.59 Å². The number of aromatic nitrogens is 5. The number of carbonyl (C=O) groups excluding carboxylic acids is 1. The molecule has 8 nitrogen and oxygen atoms in total. The highest BCUT2D eigenvalue weighted by Crippen LogP contribution is 2.21. The predicted molar refractivity (Wildman–Crippen MR) is 104 cm³/mol. The second-order valence-electron chi connectivity index (χ2n) is 5.67. The summed E-state index contributed by atoms with van der Waals surface area (Å²) in [6.45, 7) is 0.451. The van der Waals surface area contributed by atoms with Crippen LogP contribution in [-0.4, -0.2) is 37.2 Å². The average Bonchev–Trinajstić information content (AvgIpc) is 3.15.